The highest BCUT2D eigenvalue weighted by Crippen LogP contribution is 2.13. The van der Waals surface area contributed by atoms with Gasteiger partial charge < -0.3 is 15.2 Å². The van der Waals surface area contributed by atoms with Crippen molar-refractivity contribution in [2.24, 2.45) is 4.99 Å². The Morgan fingerprint density at radius 2 is 2.09 bits per heavy atom. The molecule has 0 fully saturated rings. The number of guanidine groups is 1. The molecule has 2 N–H and O–H groups in total. The van der Waals surface area contributed by atoms with Crippen LogP contribution in [0.2, 0.25) is 5.02 Å². The van der Waals surface area contributed by atoms with E-state index >= 15 is 0 Å². The number of fused-ring (bicyclic) bond motifs is 1. The third-order valence-electron chi connectivity index (χ3n) is 3.94. The summed E-state index contributed by atoms with van der Waals surface area (Å²) in [4.78, 5) is 4.24. The lowest BCUT2D eigenvalue weighted by molar-refractivity contribution is 0.662. The Morgan fingerprint density at radius 3 is 2.87 bits per heavy atom. The van der Waals surface area contributed by atoms with E-state index in [1.165, 1.54) is 5.56 Å². The van der Waals surface area contributed by atoms with Gasteiger partial charge >= 0.3 is 0 Å². The molecule has 0 spiro atoms. The number of nitrogens with zero attached hydrogens (tertiary/aromatic N) is 4. The summed E-state index contributed by atoms with van der Waals surface area (Å²) in [5.41, 5.74) is 1.24. The predicted octanol–water partition coefficient (Wildman–Crippen LogP) is 1.79. The number of aromatic nitrogens is 3. The first kappa shape index (κ1) is 15.8. The summed E-state index contributed by atoms with van der Waals surface area (Å²) in [5.74, 6) is 2.83. The summed E-state index contributed by atoms with van der Waals surface area (Å²) < 4.78 is 2.19. The van der Waals surface area contributed by atoms with Crippen molar-refractivity contribution in [3.8, 4) is 0 Å². The Hall–Kier alpha value is -2.08. The molecule has 0 radical (unpaired) electrons. The summed E-state index contributed by atoms with van der Waals surface area (Å²) in [6, 6.07) is 7.91. The van der Waals surface area contributed by atoms with Crippen molar-refractivity contribution in [2.45, 2.75) is 32.4 Å². The second-order valence-corrected chi connectivity index (χ2v) is 5.95. The molecule has 0 unspecified atom stereocenters. The molecule has 0 amide bonds. The van der Waals surface area contributed by atoms with Crippen molar-refractivity contribution in [3.05, 3.63) is 46.5 Å². The SMILES string of the molecule is CN=C(NCCc1ccc(Cl)cc1)NCc1nnc2n1CCC2. The van der Waals surface area contributed by atoms with Crippen LogP contribution in [-0.4, -0.2) is 34.3 Å². The maximum atomic E-state index is 5.89. The van der Waals surface area contributed by atoms with E-state index in [4.69, 9.17) is 11.6 Å². The minimum atomic E-state index is 0.633. The molecule has 0 bridgehead atoms. The van der Waals surface area contributed by atoms with E-state index in [1.54, 1.807) is 7.05 Å². The number of halogens is 1. The molecular weight excluding hydrogens is 312 g/mol. The number of nitrogens with one attached hydrogen (secondary N) is 2. The van der Waals surface area contributed by atoms with Crippen molar-refractivity contribution >= 4 is 17.6 Å². The molecule has 23 heavy (non-hydrogen) atoms. The van der Waals surface area contributed by atoms with Crippen LogP contribution in [-0.2, 0) is 25.9 Å². The molecule has 0 aliphatic carbocycles. The minimum absolute atomic E-state index is 0.633. The van der Waals surface area contributed by atoms with E-state index in [1.807, 2.05) is 24.3 Å². The molecule has 3 rings (SSSR count). The standard InChI is InChI=1S/C16H21ClN6/c1-18-16(19-9-8-12-4-6-13(17)7-5-12)20-11-15-22-21-14-3-2-10-23(14)15/h4-7H,2-3,8-11H2,1H3,(H2,18,19,20). The van der Waals surface area contributed by atoms with Gasteiger partial charge in [-0.15, -0.1) is 10.2 Å². The molecule has 0 saturated heterocycles. The summed E-state index contributed by atoms with van der Waals surface area (Å²) >= 11 is 5.89. The normalized spacial score (nSPS) is 13.9. The predicted molar refractivity (Wildman–Crippen MR) is 91.7 cm³/mol. The zero-order valence-electron chi connectivity index (χ0n) is 13.2. The van der Waals surface area contributed by atoms with Crippen molar-refractivity contribution in [2.75, 3.05) is 13.6 Å². The second-order valence-electron chi connectivity index (χ2n) is 5.52. The van der Waals surface area contributed by atoms with Crippen LogP contribution in [0.25, 0.3) is 0 Å². The van der Waals surface area contributed by atoms with Crippen LogP contribution >= 0.6 is 11.6 Å². The van der Waals surface area contributed by atoms with Crippen LogP contribution in [0.4, 0.5) is 0 Å². The van der Waals surface area contributed by atoms with Gasteiger partial charge in [-0.3, -0.25) is 4.99 Å². The zero-order valence-corrected chi connectivity index (χ0v) is 14.0. The summed E-state index contributed by atoms with van der Waals surface area (Å²) in [7, 11) is 1.77. The Bertz CT molecular complexity index is 676. The molecule has 2 heterocycles. The highest BCUT2D eigenvalue weighted by molar-refractivity contribution is 6.30. The maximum absolute atomic E-state index is 5.89. The van der Waals surface area contributed by atoms with Crippen molar-refractivity contribution < 1.29 is 0 Å². The van der Waals surface area contributed by atoms with E-state index < -0.39 is 0 Å². The van der Waals surface area contributed by atoms with E-state index in [9.17, 15) is 0 Å². The fourth-order valence-corrected chi connectivity index (χ4v) is 2.83. The lowest BCUT2D eigenvalue weighted by atomic mass is 10.1. The number of aliphatic imine (C=N–C) groups is 1. The fourth-order valence-electron chi connectivity index (χ4n) is 2.70. The number of benzene rings is 1. The molecule has 122 valence electrons. The van der Waals surface area contributed by atoms with E-state index in [0.717, 1.165) is 55.0 Å². The molecule has 1 aliphatic heterocycles. The number of hydrogen-bond acceptors (Lipinski definition) is 3. The first-order valence-corrected chi connectivity index (χ1v) is 8.24. The molecule has 1 aliphatic rings. The lowest BCUT2D eigenvalue weighted by Gasteiger charge is -2.12. The molecule has 7 heteroatoms. The van der Waals surface area contributed by atoms with Gasteiger partial charge in [-0.2, -0.15) is 0 Å². The molecule has 0 atom stereocenters. The van der Waals surface area contributed by atoms with Gasteiger partial charge in [0.25, 0.3) is 0 Å². The lowest BCUT2D eigenvalue weighted by Crippen LogP contribution is -2.38. The molecule has 1 aromatic carbocycles. The molecule has 1 aromatic heterocycles. The first-order valence-electron chi connectivity index (χ1n) is 7.86. The van der Waals surface area contributed by atoms with Gasteiger partial charge in [-0.1, -0.05) is 23.7 Å². The third-order valence-corrected chi connectivity index (χ3v) is 4.20. The number of hydrogen-bond donors (Lipinski definition) is 2. The monoisotopic (exact) mass is 332 g/mol. The smallest absolute Gasteiger partial charge is 0.191 e. The van der Waals surface area contributed by atoms with Gasteiger partial charge in [0.05, 0.1) is 6.54 Å². The highest BCUT2D eigenvalue weighted by Gasteiger charge is 2.16. The first-order chi connectivity index (χ1) is 11.3. The van der Waals surface area contributed by atoms with Crippen LogP contribution in [0.1, 0.15) is 23.6 Å². The average Bonchev–Trinajstić information content (AvgIpc) is 3.16. The van der Waals surface area contributed by atoms with Gasteiger partial charge in [0.15, 0.2) is 11.8 Å². The topological polar surface area (TPSA) is 67.1 Å². The second kappa shape index (κ2) is 7.46. The van der Waals surface area contributed by atoms with Gasteiger partial charge in [-0.25, -0.2) is 0 Å². The minimum Gasteiger partial charge on any atom is -0.356 e. The Labute approximate surface area is 141 Å². The molecule has 2 aromatic rings. The maximum Gasteiger partial charge on any atom is 0.191 e. The van der Waals surface area contributed by atoms with Gasteiger partial charge in [-0.05, 0) is 30.5 Å². The van der Waals surface area contributed by atoms with Gasteiger partial charge in [0.1, 0.15) is 5.82 Å². The Morgan fingerprint density at radius 1 is 1.26 bits per heavy atom. The van der Waals surface area contributed by atoms with Crippen molar-refractivity contribution in [1.29, 1.82) is 0 Å². The molecule has 0 saturated carbocycles. The fraction of sp³-hybridized carbons (Fsp3) is 0.438. The van der Waals surface area contributed by atoms with Crippen molar-refractivity contribution in [3.63, 3.8) is 0 Å². The Kier molecular flexibility index (Phi) is 5.12. The van der Waals surface area contributed by atoms with Crippen LogP contribution in [0.15, 0.2) is 29.3 Å². The summed E-state index contributed by atoms with van der Waals surface area (Å²) in [6.07, 6.45) is 3.10. The Balaban J connectivity index is 1.45. The molecule has 6 nitrogen and oxygen atoms in total. The van der Waals surface area contributed by atoms with Crippen LogP contribution in [0, 0.1) is 0 Å². The summed E-state index contributed by atoms with van der Waals surface area (Å²) in [6.45, 7) is 2.45. The highest BCUT2D eigenvalue weighted by atomic mass is 35.5. The number of rotatable bonds is 5. The van der Waals surface area contributed by atoms with E-state index in [0.29, 0.717) is 6.54 Å². The van der Waals surface area contributed by atoms with Crippen LogP contribution < -0.4 is 10.6 Å². The van der Waals surface area contributed by atoms with E-state index in [2.05, 4.69) is 30.4 Å². The number of aryl methyl sites for hydroxylation is 1. The summed E-state index contributed by atoms with van der Waals surface area (Å²) in [5, 5.41) is 15.8. The quantitative estimate of drug-likeness (QED) is 0.647. The van der Waals surface area contributed by atoms with Crippen LogP contribution in [0.3, 0.4) is 0 Å². The van der Waals surface area contributed by atoms with Gasteiger partial charge in [0, 0.05) is 31.6 Å². The third kappa shape index (κ3) is 4.01. The van der Waals surface area contributed by atoms with Crippen LogP contribution in [0.5, 0.6) is 0 Å². The zero-order chi connectivity index (χ0) is 16.1. The van der Waals surface area contributed by atoms with Crippen molar-refractivity contribution in [1.82, 2.24) is 25.4 Å². The van der Waals surface area contributed by atoms with Gasteiger partial charge in [0.2, 0.25) is 0 Å². The average molecular weight is 333 g/mol. The largest absolute Gasteiger partial charge is 0.356 e. The van der Waals surface area contributed by atoms with E-state index in [-0.39, 0.29) is 0 Å². The molecular formula is C16H21ClN6.